The van der Waals surface area contributed by atoms with Crippen molar-refractivity contribution in [1.29, 1.82) is 0 Å². The van der Waals surface area contributed by atoms with Crippen molar-refractivity contribution in [2.24, 2.45) is 0 Å². The van der Waals surface area contributed by atoms with Gasteiger partial charge in [0.2, 0.25) is 0 Å². The number of hydrogen-bond acceptors (Lipinski definition) is 4. The van der Waals surface area contributed by atoms with Crippen LogP contribution in [0.5, 0.6) is 5.75 Å². The van der Waals surface area contributed by atoms with Crippen molar-refractivity contribution in [3.63, 3.8) is 0 Å². The van der Waals surface area contributed by atoms with Crippen LogP contribution in [-0.2, 0) is 4.79 Å². The van der Waals surface area contributed by atoms with Crippen LogP contribution in [0.4, 0.5) is 0 Å². The minimum atomic E-state index is -0.964. The van der Waals surface area contributed by atoms with Crippen LogP contribution in [0.1, 0.15) is 4.88 Å². The minimum Gasteiger partial charge on any atom is -0.497 e. The molecule has 1 heterocycles. The van der Waals surface area contributed by atoms with E-state index in [1.54, 1.807) is 13.3 Å². The van der Waals surface area contributed by atoms with Gasteiger partial charge in [0, 0.05) is 22.7 Å². The SMILES string of the molecule is COc1ccc(-c2ncc(/C=C/C(=O)O)s2)cc1. The molecule has 4 nitrogen and oxygen atoms in total. The molecular formula is C13H11NO3S. The Labute approximate surface area is 108 Å². The quantitative estimate of drug-likeness (QED) is 0.860. The number of carboxylic acids is 1. The third-order valence-corrected chi connectivity index (χ3v) is 3.26. The number of nitrogens with zero attached hydrogens (tertiary/aromatic N) is 1. The molecule has 0 amide bonds. The summed E-state index contributed by atoms with van der Waals surface area (Å²) in [7, 11) is 1.62. The molecule has 0 radical (unpaired) electrons. The van der Waals surface area contributed by atoms with E-state index in [-0.39, 0.29) is 0 Å². The van der Waals surface area contributed by atoms with E-state index >= 15 is 0 Å². The molecule has 0 aliphatic heterocycles. The number of rotatable bonds is 4. The van der Waals surface area contributed by atoms with Gasteiger partial charge in [-0.15, -0.1) is 11.3 Å². The van der Waals surface area contributed by atoms with Crippen LogP contribution in [0.15, 0.2) is 36.5 Å². The second kappa shape index (κ2) is 5.46. The van der Waals surface area contributed by atoms with Gasteiger partial charge in [0.1, 0.15) is 10.8 Å². The van der Waals surface area contributed by atoms with Gasteiger partial charge in [0.25, 0.3) is 0 Å². The second-order valence-corrected chi connectivity index (χ2v) is 4.53. The largest absolute Gasteiger partial charge is 0.497 e. The van der Waals surface area contributed by atoms with E-state index in [9.17, 15) is 4.79 Å². The van der Waals surface area contributed by atoms with Gasteiger partial charge in [-0.3, -0.25) is 0 Å². The van der Waals surface area contributed by atoms with E-state index < -0.39 is 5.97 Å². The van der Waals surface area contributed by atoms with Crippen LogP contribution in [0, 0.1) is 0 Å². The first-order valence-corrected chi connectivity index (χ1v) is 6.02. The molecule has 92 valence electrons. The van der Waals surface area contributed by atoms with Gasteiger partial charge in [-0.1, -0.05) is 0 Å². The maximum Gasteiger partial charge on any atom is 0.328 e. The molecule has 0 aliphatic rings. The number of methoxy groups -OCH3 is 1. The number of carbonyl (C=O) groups is 1. The molecule has 0 aliphatic carbocycles. The Kier molecular flexibility index (Phi) is 3.74. The van der Waals surface area contributed by atoms with Gasteiger partial charge >= 0.3 is 5.97 Å². The van der Waals surface area contributed by atoms with Gasteiger partial charge in [0.05, 0.1) is 7.11 Å². The van der Waals surface area contributed by atoms with Crippen LogP contribution in [0.2, 0.25) is 0 Å². The van der Waals surface area contributed by atoms with Gasteiger partial charge in [0.15, 0.2) is 0 Å². The summed E-state index contributed by atoms with van der Waals surface area (Å²) in [5.74, 6) is -0.171. The number of aromatic nitrogens is 1. The third-order valence-electron chi connectivity index (χ3n) is 2.25. The Balaban J connectivity index is 2.20. The lowest BCUT2D eigenvalue weighted by molar-refractivity contribution is -0.131. The summed E-state index contributed by atoms with van der Waals surface area (Å²) in [4.78, 5) is 15.5. The van der Waals surface area contributed by atoms with Crippen LogP contribution in [-0.4, -0.2) is 23.2 Å². The topological polar surface area (TPSA) is 59.4 Å². The van der Waals surface area contributed by atoms with Crippen molar-refractivity contribution >= 4 is 23.4 Å². The molecular weight excluding hydrogens is 250 g/mol. The molecule has 2 rings (SSSR count). The lowest BCUT2D eigenvalue weighted by Gasteiger charge is -1.99. The Hall–Kier alpha value is -2.14. The molecule has 0 atom stereocenters. The fraction of sp³-hybridized carbons (Fsp3) is 0.0769. The van der Waals surface area contributed by atoms with Crippen molar-refractivity contribution < 1.29 is 14.6 Å². The molecule has 0 bridgehead atoms. The first-order chi connectivity index (χ1) is 8.69. The highest BCUT2D eigenvalue weighted by molar-refractivity contribution is 7.15. The molecule has 1 aromatic carbocycles. The summed E-state index contributed by atoms with van der Waals surface area (Å²) < 4.78 is 5.08. The smallest absolute Gasteiger partial charge is 0.328 e. The van der Waals surface area contributed by atoms with Gasteiger partial charge < -0.3 is 9.84 Å². The van der Waals surface area contributed by atoms with Crippen LogP contribution in [0.3, 0.4) is 0 Å². The van der Waals surface area contributed by atoms with Gasteiger partial charge in [-0.2, -0.15) is 0 Å². The maximum atomic E-state index is 10.4. The zero-order valence-corrected chi connectivity index (χ0v) is 10.5. The molecule has 18 heavy (non-hydrogen) atoms. The molecule has 0 unspecified atom stereocenters. The zero-order chi connectivity index (χ0) is 13.0. The fourth-order valence-corrected chi connectivity index (χ4v) is 2.21. The van der Waals surface area contributed by atoms with Crippen LogP contribution < -0.4 is 4.74 Å². The number of aliphatic carboxylic acids is 1. The second-order valence-electron chi connectivity index (χ2n) is 3.47. The Morgan fingerprint density at radius 3 is 2.72 bits per heavy atom. The van der Waals surface area contributed by atoms with Crippen molar-refractivity contribution in [2.75, 3.05) is 7.11 Å². The van der Waals surface area contributed by atoms with E-state index in [1.165, 1.54) is 17.4 Å². The zero-order valence-electron chi connectivity index (χ0n) is 9.66. The molecule has 0 spiro atoms. The molecule has 0 saturated carbocycles. The van der Waals surface area contributed by atoms with E-state index in [4.69, 9.17) is 9.84 Å². The van der Waals surface area contributed by atoms with Crippen molar-refractivity contribution in [1.82, 2.24) is 4.98 Å². The number of carboxylic acid groups (broad SMARTS) is 1. The first-order valence-electron chi connectivity index (χ1n) is 5.20. The van der Waals surface area contributed by atoms with Gasteiger partial charge in [-0.05, 0) is 30.3 Å². The van der Waals surface area contributed by atoms with E-state index in [2.05, 4.69) is 4.98 Å². The highest BCUT2D eigenvalue weighted by atomic mass is 32.1. The Bertz CT molecular complexity index is 572. The summed E-state index contributed by atoms with van der Waals surface area (Å²) in [5.41, 5.74) is 0.982. The Morgan fingerprint density at radius 1 is 1.39 bits per heavy atom. The predicted octanol–water partition coefficient (Wildman–Crippen LogP) is 2.92. The standard InChI is InChI=1S/C13H11NO3S/c1-17-10-4-2-9(3-5-10)13-14-8-11(18-13)6-7-12(15)16/h2-8H,1H3,(H,15,16)/b7-6+. The summed E-state index contributed by atoms with van der Waals surface area (Å²) >= 11 is 1.44. The van der Waals surface area contributed by atoms with Crippen LogP contribution >= 0.6 is 11.3 Å². The normalized spacial score (nSPS) is 10.7. The van der Waals surface area contributed by atoms with Crippen molar-refractivity contribution in [2.45, 2.75) is 0 Å². The van der Waals surface area contributed by atoms with Crippen molar-refractivity contribution in [3.8, 4) is 16.3 Å². The third kappa shape index (κ3) is 2.95. The van der Waals surface area contributed by atoms with E-state index in [0.717, 1.165) is 27.3 Å². The lowest BCUT2D eigenvalue weighted by Crippen LogP contribution is -1.84. The van der Waals surface area contributed by atoms with Crippen LogP contribution in [0.25, 0.3) is 16.6 Å². The highest BCUT2D eigenvalue weighted by Gasteiger charge is 2.03. The van der Waals surface area contributed by atoms with E-state index in [1.807, 2.05) is 24.3 Å². The number of hydrogen-bond donors (Lipinski definition) is 1. The summed E-state index contributed by atoms with van der Waals surface area (Å²) in [6, 6.07) is 7.57. The average Bonchev–Trinajstić information content (AvgIpc) is 2.85. The molecule has 5 heteroatoms. The predicted molar refractivity (Wildman–Crippen MR) is 70.8 cm³/mol. The first kappa shape index (κ1) is 12.3. The molecule has 2 aromatic rings. The summed E-state index contributed by atoms with van der Waals surface area (Å²) in [5, 5.41) is 9.39. The number of benzene rings is 1. The number of thiazole rings is 1. The molecule has 0 fully saturated rings. The summed E-state index contributed by atoms with van der Waals surface area (Å²) in [6.07, 6.45) is 4.29. The molecule has 1 N–H and O–H groups in total. The summed E-state index contributed by atoms with van der Waals surface area (Å²) in [6.45, 7) is 0. The van der Waals surface area contributed by atoms with Crippen molar-refractivity contribution in [3.05, 3.63) is 41.4 Å². The van der Waals surface area contributed by atoms with E-state index in [0.29, 0.717) is 0 Å². The monoisotopic (exact) mass is 261 g/mol. The van der Waals surface area contributed by atoms with Gasteiger partial charge in [-0.25, -0.2) is 9.78 Å². The average molecular weight is 261 g/mol. The molecule has 0 saturated heterocycles. The maximum absolute atomic E-state index is 10.4. The number of ether oxygens (including phenoxy) is 1. The Morgan fingerprint density at radius 2 is 2.11 bits per heavy atom. The minimum absolute atomic E-state index is 0.793. The lowest BCUT2D eigenvalue weighted by atomic mass is 10.2. The molecule has 1 aromatic heterocycles. The fourth-order valence-electron chi connectivity index (χ4n) is 1.38. The highest BCUT2D eigenvalue weighted by Crippen LogP contribution is 2.27.